The highest BCUT2D eigenvalue weighted by molar-refractivity contribution is 8.02. The molecule has 1 aliphatic heterocycles. The molecule has 20 heavy (non-hydrogen) atoms. The number of thioether (sulfide) groups is 1. The normalized spacial score (nSPS) is 15.2. The minimum atomic E-state index is -0.00932. The molecule has 2 aromatic rings. The van der Waals surface area contributed by atoms with Crippen LogP contribution in [-0.2, 0) is 5.54 Å². The van der Waals surface area contributed by atoms with Gasteiger partial charge in [0.15, 0.2) is 10.3 Å². The molecule has 2 heterocycles. The Kier molecular flexibility index (Phi) is 3.69. The van der Waals surface area contributed by atoms with Gasteiger partial charge >= 0.3 is 10.3 Å². The van der Waals surface area contributed by atoms with Gasteiger partial charge in [0.2, 0.25) is 0 Å². The van der Waals surface area contributed by atoms with E-state index >= 15 is 0 Å². The molecule has 0 bridgehead atoms. The van der Waals surface area contributed by atoms with E-state index in [2.05, 4.69) is 37.6 Å². The molecule has 2 nitrogen and oxygen atoms in total. The number of rotatable bonds is 3. The van der Waals surface area contributed by atoms with Crippen molar-refractivity contribution in [3.63, 3.8) is 0 Å². The average molecular weight is 325 g/mol. The van der Waals surface area contributed by atoms with Gasteiger partial charge in [0.05, 0.1) is 17.7 Å². The standard InChI is InChI=1S/C15H18NOS3/c1-5-17-9-6-7-11-10(8-9)12-13(15(2,3)16-11)19-20-14(12)18-4/h6-8,16H,5H2,1-4H3/q+1. The van der Waals surface area contributed by atoms with Crippen LogP contribution in [0.15, 0.2) is 22.4 Å². The number of hydrogen-bond donors (Lipinski definition) is 1. The molecule has 1 aliphatic rings. The lowest BCUT2D eigenvalue weighted by Gasteiger charge is -2.32. The molecule has 0 amide bonds. The highest BCUT2D eigenvalue weighted by Gasteiger charge is 2.39. The average Bonchev–Trinajstić information content (AvgIpc) is 2.85. The Morgan fingerprint density at radius 3 is 2.90 bits per heavy atom. The van der Waals surface area contributed by atoms with Gasteiger partial charge in [-0.05, 0) is 45.2 Å². The highest BCUT2D eigenvalue weighted by atomic mass is 32.9. The largest absolute Gasteiger partial charge is 0.494 e. The number of fused-ring (bicyclic) bond motifs is 3. The molecule has 0 spiro atoms. The Balaban J connectivity index is 2.21. The van der Waals surface area contributed by atoms with E-state index in [-0.39, 0.29) is 5.54 Å². The maximum absolute atomic E-state index is 5.66. The van der Waals surface area contributed by atoms with E-state index in [0.29, 0.717) is 6.61 Å². The monoisotopic (exact) mass is 324 g/mol. The zero-order valence-corrected chi connectivity index (χ0v) is 14.5. The first kappa shape index (κ1) is 14.2. The van der Waals surface area contributed by atoms with Gasteiger partial charge in [-0.2, -0.15) is 0 Å². The van der Waals surface area contributed by atoms with Crippen molar-refractivity contribution in [2.24, 2.45) is 0 Å². The summed E-state index contributed by atoms with van der Waals surface area (Å²) >= 11 is 1.83. The minimum absolute atomic E-state index is 0.00932. The molecule has 106 valence electrons. The number of anilines is 1. The molecule has 0 unspecified atom stereocenters. The molecule has 3 rings (SSSR count). The lowest BCUT2D eigenvalue weighted by Crippen LogP contribution is -2.30. The third-order valence-electron chi connectivity index (χ3n) is 3.40. The van der Waals surface area contributed by atoms with Crippen LogP contribution in [0.25, 0.3) is 11.1 Å². The van der Waals surface area contributed by atoms with Crippen LogP contribution in [0, 0.1) is 0 Å². The molecule has 1 N–H and O–H groups in total. The first-order valence-corrected chi connectivity index (χ1v) is 10.00. The van der Waals surface area contributed by atoms with Gasteiger partial charge in [-0.15, -0.1) is 0 Å². The van der Waals surface area contributed by atoms with Gasteiger partial charge in [0, 0.05) is 11.3 Å². The zero-order valence-electron chi connectivity index (χ0n) is 12.1. The van der Waals surface area contributed by atoms with E-state index in [1.807, 2.05) is 45.4 Å². The lowest BCUT2D eigenvalue weighted by molar-refractivity contribution is 0.340. The van der Waals surface area contributed by atoms with Crippen LogP contribution < -0.4 is 10.1 Å². The fourth-order valence-corrected chi connectivity index (χ4v) is 6.88. The van der Waals surface area contributed by atoms with Gasteiger partial charge in [-0.25, -0.2) is 0 Å². The first-order valence-electron chi connectivity index (χ1n) is 6.63. The molecular formula is C15H18NOS3+. The second-order valence-electron chi connectivity index (χ2n) is 5.25. The summed E-state index contributed by atoms with van der Waals surface area (Å²) in [5.74, 6) is 0.946. The van der Waals surface area contributed by atoms with Crippen molar-refractivity contribution in [2.75, 3.05) is 18.2 Å². The predicted octanol–water partition coefficient (Wildman–Crippen LogP) is 5.54. The van der Waals surface area contributed by atoms with E-state index < -0.39 is 0 Å². The molecule has 5 heteroatoms. The van der Waals surface area contributed by atoms with Crippen molar-refractivity contribution in [1.82, 2.24) is 0 Å². The van der Waals surface area contributed by atoms with Gasteiger partial charge in [0.25, 0.3) is 4.21 Å². The minimum Gasteiger partial charge on any atom is -0.494 e. The summed E-state index contributed by atoms with van der Waals surface area (Å²) in [6, 6.07) is 6.35. The predicted molar refractivity (Wildman–Crippen MR) is 91.6 cm³/mol. The van der Waals surface area contributed by atoms with Crippen molar-refractivity contribution < 1.29 is 4.74 Å². The molecule has 0 saturated heterocycles. The topological polar surface area (TPSA) is 21.3 Å². The van der Waals surface area contributed by atoms with Crippen LogP contribution in [0.2, 0.25) is 0 Å². The first-order chi connectivity index (χ1) is 9.56. The summed E-state index contributed by atoms with van der Waals surface area (Å²) in [5.41, 5.74) is 3.86. The van der Waals surface area contributed by atoms with Crippen LogP contribution in [0.3, 0.4) is 0 Å². The number of hydrogen-bond acceptors (Lipinski definition) is 4. The van der Waals surface area contributed by atoms with Crippen LogP contribution >= 0.6 is 32.4 Å². The Bertz CT molecular complexity index is 649. The smallest absolute Gasteiger partial charge is 0.308 e. The molecule has 0 aliphatic carbocycles. The van der Waals surface area contributed by atoms with E-state index in [4.69, 9.17) is 4.74 Å². The maximum atomic E-state index is 5.66. The molecule has 1 aromatic carbocycles. The SMILES string of the molecule is CCOc1ccc2c(c1)-c1c(s[s+]c1SC)C(C)(C)N2. The third kappa shape index (κ3) is 2.22. The van der Waals surface area contributed by atoms with E-state index in [1.54, 1.807) is 0 Å². The van der Waals surface area contributed by atoms with E-state index in [1.165, 1.54) is 25.9 Å². The van der Waals surface area contributed by atoms with Crippen LogP contribution in [0.1, 0.15) is 25.6 Å². The van der Waals surface area contributed by atoms with Crippen molar-refractivity contribution in [1.29, 1.82) is 0 Å². The van der Waals surface area contributed by atoms with Crippen molar-refractivity contribution >= 4 is 38.1 Å². The molecule has 0 radical (unpaired) electrons. The zero-order chi connectivity index (χ0) is 14.3. The highest BCUT2D eigenvalue weighted by Crippen LogP contribution is 2.53. The molecule has 0 fully saturated rings. The Morgan fingerprint density at radius 1 is 1.40 bits per heavy atom. The van der Waals surface area contributed by atoms with Gasteiger partial charge in [-0.3, -0.25) is 0 Å². The fourth-order valence-electron chi connectivity index (χ4n) is 2.53. The second-order valence-corrected chi connectivity index (χ2v) is 8.48. The quantitative estimate of drug-likeness (QED) is 0.455. The van der Waals surface area contributed by atoms with E-state index in [0.717, 1.165) is 5.75 Å². The maximum Gasteiger partial charge on any atom is 0.308 e. The van der Waals surface area contributed by atoms with Crippen LogP contribution in [0.5, 0.6) is 5.75 Å². The fraction of sp³-hybridized carbons (Fsp3) is 0.400. The molecular weight excluding hydrogens is 306 g/mol. The summed E-state index contributed by atoms with van der Waals surface area (Å²) in [4.78, 5) is 1.42. The van der Waals surface area contributed by atoms with Gasteiger partial charge in [-0.1, -0.05) is 11.8 Å². The Labute approximate surface area is 131 Å². The third-order valence-corrected chi connectivity index (χ3v) is 7.61. The summed E-state index contributed by atoms with van der Waals surface area (Å²) in [7, 11) is 3.76. The summed E-state index contributed by atoms with van der Waals surface area (Å²) in [6.45, 7) is 7.22. The second kappa shape index (κ2) is 5.20. The van der Waals surface area contributed by atoms with Crippen LogP contribution in [0.4, 0.5) is 5.69 Å². The lowest BCUT2D eigenvalue weighted by atomic mass is 9.90. The molecule has 0 saturated carbocycles. The van der Waals surface area contributed by atoms with Crippen LogP contribution in [-0.4, -0.2) is 12.9 Å². The van der Waals surface area contributed by atoms with Crippen molar-refractivity contribution in [2.45, 2.75) is 30.5 Å². The van der Waals surface area contributed by atoms with Gasteiger partial charge < -0.3 is 10.1 Å². The summed E-state index contributed by atoms with van der Waals surface area (Å²) in [5, 5.41) is 3.65. The molecule has 0 atom stereocenters. The summed E-state index contributed by atoms with van der Waals surface area (Å²) < 4.78 is 7.06. The Hall–Kier alpha value is -0.780. The van der Waals surface area contributed by atoms with Crippen molar-refractivity contribution in [3.8, 4) is 16.9 Å². The number of benzene rings is 1. The number of nitrogens with one attached hydrogen (secondary N) is 1. The number of ether oxygens (including phenoxy) is 1. The van der Waals surface area contributed by atoms with Crippen molar-refractivity contribution in [3.05, 3.63) is 23.1 Å². The van der Waals surface area contributed by atoms with E-state index in [9.17, 15) is 0 Å². The van der Waals surface area contributed by atoms with Gasteiger partial charge in [0.1, 0.15) is 10.6 Å². The summed E-state index contributed by atoms with van der Waals surface area (Å²) in [6.07, 6.45) is 2.15. The molecule has 1 aromatic heterocycles. The Morgan fingerprint density at radius 2 is 2.20 bits per heavy atom.